The lowest BCUT2D eigenvalue weighted by molar-refractivity contribution is 0.0591. The molecule has 0 saturated carbocycles. The summed E-state index contributed by atoms with van der Waals surface area (Å²) in [6, 6.07) is 13.9. The molecule has 1 fully saturated rings. The van der Waals surface area contributed by atoms with Gasteiger partial charge in [-0.05, 0) is 86.8 Å². The molecule has 4 bridgehead atoms. The molecule has 0 unspecified atom stereocenters. The predicted molar refractivity (Wildman–Crippen MR) is 185 cm³/mol. The fraction of sp³-hybridized carbons (Fsp3) is 0.432. The maximum atomic E-state index is 14.5. The van der Waals surface area contributed by atoms with Gasteiger partial charge in [0.1, 0.15) is 0 Å². The van der Waals surface area contributed by atoms with E-state index in [1.807, 2.05) is 49.2 Å². The summed E-state index contributed by atoms with van der Waals surface area (Å²) in [7, 11) is -4.11. The smallest absolute Gasteiger partial charge is 0.264 e. The third-order valence-corrected chi connectivity index (χ3v) is 10.4. The van der Waals surface area contributed by atoms with E-state index in [0.29, 0.717) is 42.3 Å². The van der Waals surface area contributed by atoms with Gasteiger partial charge in [0.15, 0.2) is 0 Å². The number of ether oxygens (including phenoxy) is 1. The minimum atomic E-state index is -4.11. The van der Waals surface area contributed by atoms with Gasteiger partial charge in [0.2, 0.25) is 5.95 Å². The second kappa shape index (κ2) is 13.7. The van der Waals surface area contributed by atoms with Crippen LogP contribution in [0.2, 0.25) is 0 Å². The number of nitrogens with one attached hydrogen (secondary N) is 1. The predicted octanol–water partition coefficient (Wildman–Crippen LogP) is 6.64. The number of hydrogen-bond donors (Lipinski definition) is 1. The van der Waals surface area contributed by atoms with E-state index < -0.39 is 10.0 Å². The lowest BCUT2D eigenvalue weighted by Crippen LogP contribution is -2.42. The SMILES string of the molecule is Cc1cccc(C)c1-c1cc2nc(n1)NS(=O)(=O)c1cccc(c1)C(=O)N(Cc1cnc(C3CCOCC3)cn1)[C@H](CC(C)(C)C)CC2. The zero-order chi connectivity index (χ0) is 34.1. The standard InChI is InChI=1S/C37H44N6O4S/c1-24-8-6-9-25(2)34(24)32-19-28-12-13-30(20-37(3,4)5)43(23-29-21-39-33(22-38-29)26-14-16-47-17-15-26)35(44)27-10-7-11-31(18-27)48(45,46)42-36(40-28)41-32/h6-11,18-19,21-22,26,30H,12-17,20,23H2,1-5H3,(H,40,41,42)/t30-/m0/s1. The van der Waals surface area contributed by atoms with Crippen LogP contribution in [0.3, 0.4) is 0 Å². The van der Waals surface area contributed by atoms with Crippen LogP contribution in [0, 0.1) is 19.3 Å². The highest BCUT2D eigenvalue weighted by atomic mass is 32.2. The summed E-state index contributed by atoms with van der Waals surface area (Å²) in [6.45, 7) is 12.2. The first-order chi connectivity index (χ1) is 22.9. The maximum Gasteiger partial charge on any atom is 0.264 e. The Bertz CT molecular complexity index is 1880. The molecule has 1 N–H and O–H groups in total. The first-order valence-corrected chi connectivity index (χ1v) is 18.1. The summed E-state index contributed by atoms with van der Waals surface area (Å²) >= 11 is 0. The van der Waals surface area contributed by atoms with Crippen molar-refractivity contribution in [2.75, 3.05) is 17.9 Å². The van der Waals surface area contributed by atoms with Crippen molar-refractivity contribution >= 4 is 21.9 Å². The first kappa shape index (κ1) is 33.7. The molecular weight excluding hydrogens is 625 g/mol. The number of benzene rings is 2. The van der Waals surface area contributed by atoms with Crippen LogP contribution >= 0.6 is 0 Å². The summed E-state index contributed by atoms with van der Waals surface area (Å²) in [4.78, 5) is 35.2. The molecule has 48 heavy (non-hydrogen) atoms. The topological polar surface area (TPSA) is 127 Å². The Morgan fingerprint density at radius 3 is 2.35 bits per heavy atom. The largest absolute Gasteiger partial charge is 0.381 e. The molecule has 0 aliphatic carbocycles. The van der Waals surface area contributed by atoms with E-state index >= 15 is 0 Å². The van der Waals surface area contributed by atoms with Gasteiger partial charge >= 0.3 is 0 Å². The van der Waals surface area contributed by atoms with Crippen LogP contribution in [0.1, 0.15) is 90.9 Å². The van der Waals surface area contributed by atoms with Gasteiger partial charge in [-0.15, -0.1) is 0 Å². The van der Waals surface area contributed by atoms with Gasteiger partial charge in [-0.1, -0.05) is 45.0 Å². The number of amides is 1. The van der Waals surface area contributed by atoms with E-state index in [4.69, 9.17) is 19.7 Å². The van der Waals surface area contributed by atoms with Crippen LogP contribution in [-0.2, 0) is 27.7 Å². The van der Waals surface area contributed by atoms with Crippen LogP contribution in [-0.4, -0.2) is 58.4 Å². The fourth-order valence-corrected chi connectivity index (χ4v) is 7.73. The van der Waals surface area contributed by atoms with E-state index in [0.717, 1.165) is 48.4 Å². The lowest BCUT2D eigenvalue weighted by atomic mass is 9.85. The van der Waals surface area contributed by atoms with Gasteiger partial charge in [0.25, 0.3) is 15.9 Å². The van der Waals surface area contributed by atoms with E-state index in [9.17, 15) is 13.2 Å². The molecule has 2 aromatic carbocycles. The molecule has 4 heterocycles. The number of carbonyl (C=O) groups excluding carboxylic acids is 1. The molecule has 1 atom stereocenters. The number of aromatic nitrogens is 4. The van der Waals surface area contributed by atoms with Crippen LogP contribution < -0.4 is 4.72 Å². The van der Waals surface area contributed by atoms with Crippen LogP contribution in [0.15, 0.2) is 65.8 Å². The highest BCUT2D eigenvalue weighted by Gasteiger charge is 2.31. The highest BCUT2D eigenvalue weighted by molar-refractivity contribution is 7.92. The summed E-state index contributed by atoms with van der Waals surface area (Å²) in [5.74, 6) is 0.0562. The Hall–Kier alpha value is -4.22. The Labute approximate surface area is 283 Å². The molecule has 10 nitrogen and oxygen atoms in total. The minimum Gasteiger partial charge on any atom is -0.381 e. The normalized spacial score (nSPS) is 18.7. The second-order valence-corrected chi connectivity index (χ2v) is 15.9. The molecule has 1 saturated heterocycles. The van der Waals surface area contributed by atoms with E-state index in [1.54, 1.807) is 18.3 Å². The molecule has 1 amide bonds. The molecule has 2 aliphatic rings. The van der Waals surface area contributed by atoms with E-state index in [2.05, 4.69) is 30.5 Å². The Balaban J connectivity index is 1.43. The van der Waals surface area contributed by atoms with Crippen molar-refractivity contribution in [3.8, 4) is 11.3 Å². The molecule has 0 radical (unpaired) electrons. The number of nitrogens with zero attached hydrogens (tertiary/aromatic N) is 5. The second-order valence-electron chi connectivity index (χ2n) is 14.2. The summed E-state index contributed by atoms with van der Waals surface area (Å²) < 4.78 is 35.5. The Kier molecular flexibility index (Phi) is 9.62. The van der Waals surface area contributed by atoms with Crippen molar-refractivity contribution in [3.63, 3.8) is 0 Å². The zero-order valence-corrected chi connectivity index (χ0v) is 29.2. The zero-order valence-electron chi connectivity index (χ0n) is 28.4. The van der Waals surface area contributed by atoms with Crippen molar-refractivity contribution in [1.29, 1.82) is 0 Å². The van der Waals surface area contributed by atoms with E-state index in [-0.39, 0.29) is 40.3 Å². The Morgan fingerprint density at radius 1 is 0.938 bits per heavy atom. The van der Waals surface area contributed by atoms with Gasteiger partial charge in [0.05, 0.1) is 34.7 Å². The Morgan fingerprint density at radius 2 is 1.67 bits per heavy atom. The van der Waals surface area contributed by atoms with Crippen molar-refractivity contribution in [2.45, 2.75) is 90.1 Å². The number of sulfonamides is 1. The number of rotatable bonds is 5. The molecule has 4 aromatic rings. The van der Waals surface area contributed by atoms with Crippen molar-refractivity contribution in [2.24, 2.45) is 5.41 Å². The average molecular weight is 669 g/mol. The summed E-state index contributed by atoms with van der Waals surface area (Å²) in [5, 5.41) is 0. The van der Waals surface area contributed by atoms with Crippen LogP contribution in [0.25, 0.3) is 11.3 Å². The van der Waals surface area contributed by atoms with Gasteiger partial charge in [0, 0.05) is 48.2 Å². The number of fused-ring (bicyclic) bond motifs is 4. The number of aryl methyl sites for hydroxylation is 3. The quantitative estimate of drug-likeness (QED) is 0.251. The monoisotopic (exact) mass is 668 g/mol. The van der Waals surface area contributed by atoms with Crippen molar-refractivity contribution in [1.82, 2.24) is 24.8 Å². The third-order valence-electron chi connectivity index (χ3n) is 9.11. The molecule has 6 rings (SSSR count). The van der Waals surface area contributed by atoms with Crippen molar-refractivity contribution < 1.29 is 17.9 Å². The van der Waals surface area contributed by atoms with Crippen LogP contribution in [0.5, 0.6) is 0 Å². The molecular formula is C37H44N6O4S. The first-order valence-electron chi connectivity index (χ1n) is 16.6. The molecule has 252 valence electrons. The van der Waals surface area contributed by atoms with E-state index in [1.165, 1.54) is 12.1 Å². The third kappa shape index (κ3) is 7.73. The van der Waals surface area contributed by atoms with Gasteiger partial charge in [-0.25, -0.2) is 23.1 Å². The average Bonchev–Trinajstić information content (AvgIpc) is 3.05. The van der Waals surface area contributed by atoms with Gasteiger partial charge < -0.3 is 9.64 Å². The van der Waals surface area contributed by atoms with Crippen molar-refractivity contribution in [3.05, 3.63) is 94.7 Å². The van der Waals surface area contributed by atoms with Gasteiger partial charge in [-0.3, -0.25) is 14.8 Å². The number of anilines is 1. The summed E-state index contributed by atoms with van der Waals surface area (Å²) in [6.07, 6.45) is 7.24. The number of hydrogen-bond acceptors (Lipinski definition) is 8. The van der Waals surface area contributed by atoms with Crippen LogP contribution in [0.4, 0.5) is 5.95 Å². The molecule has 11 heteroatoms. The maximum absolute atomic E-state index is 14.5. The molecule has 2 aliphatic heterocycles. The van der Waals surface area contributed by atoms with Gasteiger partial charge in [-0.2, -0.15) is 0 Å². The fourth-order valence-electron chi connectivity index (χ4n) is 6.74. The number of carbonyl (C=O) groups is 1. The lowest BCUT2D eigenvalue weighted by Gasteiger charge is -2.36. The molecule has 2 aromatic heterocycles. The highest BCUT2D eigenvalue weighted by Crippen LogP contribution is 2.32. The molecule has 0 spiro atoms. The summed E-state index contributed by atoms with van der Waals surface area (Å²) in [5.41, 5.74) is 6.14. The minimum absolute atomic E-state index is 0.00486.